The fraction of sp³-hybridized carbons (Fsp3) is 0.611. The Morgan fingerprint density at radius 1 is 1.36 bits per heavy atom. The first-order valence-electron chi connectivity index (χ1n) is 8.38. The Bertz CT molecular complexity index is 476. The third-order valence-electron chi connectivity index (χ3n) is 4.86. The van der Waals surface area contributed by atoms with Gasteiger partial charge in [0.05, 0.1) is 0 Å². The average molecular weight is 303 g/mol. The van der Waals surface area contributed by atoms with E-state index in [1.54, 1.807) is 0 Å². The fourth-order valence-electron chi connectivity index (χ4n) is 3.29. The Hall–Kier alpha value is -1.39. The summed E-state index contributed by atoms with van der Waals surface area (Å²) in [5.74, 6) is 0.116. The number of nitrogens with two attached hydrogens (primary N) is 1. The van der Waals surface area contributed by atoms with Crippen molar-refractivity contribution in [1.82, 2.24) is 9.80 Å². The molecule has 1 aliphatic heterocycles. The van der Waals surface area contributed by atoms with E-state index in [0.717, 1.165) is 26.1 Å². The lowest BCUT2D eigenvalue weighted by Gasteiger charge is -2.31. The summed E-state index contributed by atoms with van der Waals surface area (Å²) in [5.41, 5.74) is 7.00. The molecule has 122 valence electrons. The summed E-state index contributed by atoms with van der Waals surface area (Å²) in [6, 6.07) is 11.3. The van der Waals surface area contributed by atoms with Crippen molar-refractivity contribution >= 4 is 5.91 Å². The fourth-order valence-corrected chi connectivity index (χ4v) is 3.29. The van der Waals surface area contributed by atoms with Crippen LogP contribution >= 0.6 is 0 Å². The first kappa shape index (κ1) is 17.0. The van der Waals surface area contributed by atoms with E-state index in [2.05, 4.69) is 49.1 Å². The van der Waals surface area contributed by atoms with Crippen molar-refractivity contribution in [2.75, 3.05) is 26.2 Å². The molecule has 3 atom stereocenters. The van der Waals surface area contributed by atoms with Crippen LogP contribution in [-0.4, -0.2) is 47.9 Å². The standard InChI is InChI=1S/C18H29N3O/c1-4-21(18(22)14(2)12-19)17-10-11-20(13-17)15(3)16-8-6-5-7-9-16/h5-9,14-15,17H,4,10-13,19H2,1-3H3. The first-order valence-corrected chi connectivity index (χ1v) is 8.38. The van der Waals surface area contributed by atoms with E-state index in [9.17, 15) is 4.79 Å². The second kappa shape index (κ2) is 7.75. The van der Waals surface area contributed by atoms with Crippen molar-refractivity contribution in [2.45, 2.75) is 39.3 Å². The van der Waals surface area contributed by atoms with Gasteiger partial charge in [-0.1, -0.05) is 37.3 Å². The number of nitrogens with zero attached hydrogens (tertiary/aromatic N) is 2. The van der Waals surface area contributed by atoms with E-state index in [0.29, 0.717) is 18.6 Å². The van der Waals surface area contributed by atoms with E-state index in [4.69, 9.17) is 5.73 Å². The molecule has 22 heavy (non-hydrogen) atoms. The predicted molar refractivity (Wildman–Crippen MR) is 90.4 cm³/mol. The second-order valence-electron chi connectivity index (χ2n) is 6.29. The summed E-state index contributed by atoms with van der Waals surface area (Å²) < 4.78 is 0. The zero-order chi connectivity index (χ0) is 16.1. The lowest BCUT2D eigenvalue weighted by Crippen LogP contribution is -2.45. The third kappa shape index (κ3) is 3.68. The first-order chi connectivity index (χ1) is 10.6. The molecule has 1 saturated heterocycles. The van der Waals surface area contributed by atoms with Crippen LogP contribution in [0.25, 0.3) is 0 Å². The van der Waals surface area contributed by atoms with Crippen LogP contribution < -0.4 is 5.73 Å². The topological polar surface area (TPSA) is 49.6 Å². The van der Waals surface area contributed by atoms with Crippen LogP contribution in [0.1, 0.15) is 38.8 Å². The minimum absolute atomic E-state index is 0.0828. The third-order valence-corrected chi connectivity index (χ3v) is 4.86. The van der Waals surface area contributed by atoms with Gasteiger partial charge in [-0.05, 0) is 25.8 Å². The Kier molecular flexibility index (Phi) is 5.98. The van der Waals surface area contributed by atoms with Crippen LogP contribution in [0, 0.1) is 5.92 Å². The van der Waals surface area contributed by atoms with Gasteiger partial charge in [0.15, 0.2) is 0 Å². The number of carbonyl (C=O) groups excluding carboxylic acids is 1. The molecule has 1 aromatic rings. The van der Waals surface area contributed by atoms with E-state index < -0.39 is 0 Å². The molecule has 0 aromatic heterocycles. The number of hydrogen-bond donors (Lipinski definition) is 1. The molecule has 3 unspecified atom stereocenters. The van der Waals surface area contributed by atoms with Crippen molar-refractivity contribution in [3.05, 3.63) is 35.9 Å². The second-order valence-corrected chi connectivity index (χ2v) is 6.29. The van der Waals surface area contributed by atoms with E-state index in [1.165, 1.54) is 5.56 Å². The number of likely N-dealkylation sites (tertiary alicyclic amines) is 1. The molecule has 0 aliphatic carbocycles. The number of benzene rings is 1. The summed E-state index contributed by atoms with van der Waals surface area (Å²) in [5, 5.41) is 0. The molecule has 1 aliphatic rings. The van der Waals surface area contributed by atoms with Crippen molar-refractivity contribution < 1.29 is 4.79 Å². The molecule has 1 heterocycles. The van der Waals surface area contributed by atoms with Gasteiger partial charge in [-0.2, -0.15) is 0 Å². The summed E-state index contributed by atoms with van der Waals surface area (Å²) in [4.78, 5) is 17.0. The Morgan fingerprint density at radius 2 is 2.05 bits per heavy atom. The van der Waals surface area contributed by atoms with Gasteiger partial charge < -0.3 is 10.6 Å². The predicted octanol–water partition coefficient (Wildman–Crippen LogP) is 2.27. The smallest absolute Gasteiger partial charge is 0.226 e. The maximum Gasteiger partial charge on any atom is 0.226 e. The molecule has 4 nitrogen and oxygen atoms in total. The Morgan fingerprint density at radius 3 is 2.64 bits per heavy atom. The lowest BCUT2D eigenvalue weighted by molar-refractivity contribution is -0.136. The highest BCUT2D eigenvalue weighted by molar-refractivity contribution is 5.79. The molecular weight excluding hydrogens is 274 g/mol. The van der Waals surface area contributed by atoms with Crippen LogP contribution in [0.3, 0.4) is 0 Å². The number of carbonyl (C=O) groups is 1. The maximum absolute atomic E-state index is 12.5. The Balaban J connectivity index is 2.00. The van der Waals surface area contributed by atoms with Gasteiger partial charge in [0.1, 0.15) is 0 Å². The number of likely N-dealkylation sites (N-methyl/N-ethyl adjacent to an activating group) is 1. The quantitative estimate of drug-likeness (QED) is 0.877. The van der Waals surface area contributed by atoms with Crippen LogP contribution in [0.5, 0.6) is 0 Å². The molecule has 1 fully saturated rings. The maximum atomic E-state index is 12.5. The minimum Gasteiger partial charge on any atom is -0.338 e. The van der Waals surface area contributed by atoms with Crippen molar-refractivity contribution in [2.24, 2.45) is 11.7 Å². The van der Waals surface area contributed by atoms with Gasteiger partial charge >= 0.3 is 0 Å². The molecule has 2 N–H and O–H groups in total. The van der Waals surface area contributed by atoms with Crippen molar-refractivity contribution in [1.29, 1.82) is 0 Å². The molecule has 0 bridgehead atoms. The van der Waals surface area contributed by atoms with Gasteiger partial charge in [-0.15, -0.1) is 0 Å². The van der Waals surface area contributed by atoms with Crippen LogP contribution in [0.15, 0.2) is 30.3 Å². The van der Waals surface area contributed by atoms with Crippen LogP contribution in [0.4, 0.5) is 0 Å². The minimum atomic E-state index is -0.0828. The lowest BCUT2D eigenvalue weighted by atomic mass is 10.1. The van der Waals surface area contributed by atoms with Crippen LogP contribution in [-0.2, 0) is 4.79 Å². The average Bonchev–Trinajstić information content (AvgIpc) is 3.04. The summed E-state index contributed by atoms with van der Waals surface area (Å²) in [6.07, 6.45) is 1.05. The highest BCUT2D eigenvalue weighted by Crippen LogP contribution is 2.27. The summed E-state index contributed by atoms with van der Waals surface area (Å²) in [7, 11) is 0. The van der Waals surface area contributed by atoms with E-state index >= 15 is 0 Å². The summed E-state index contributed by atoms with van der Waals surface area (Å²) in [6.45, 7) is 9.41. The van der Waals surface area contributed by atoms with Gasteiger partial charge in [-0.3, -0.25) is 9.69 Å². The van der Waals surface area contributed by atoms with Gasteiger partial charge in [0.2, 0.25) is 5.91 Å². The van der Waals surface area contributed by atoms with Crippen LogP contribution in [0.2, 0.25) is 0 Å². The molecule has 0 saturated carbocycles. The molecule has 2 rings (SSSR count). The molecule has 1 amide bonds. The zero-order valence-corrected chi connectivity index (χ0v) is 14.0. The van der Waals surface area contributed by atoms with E-state index in [-0.39, 0.29) is 11.8 Å². The van der Waals surface area contributed by atoms with E-state index in [1.807, 2.05) is 11.8 Å². The number of hydrogen-bond acceptors (Lipinski definition) is 3. The normalized spacial score (nSPS) is 21.5. The van der Waals surface area contributed by atoms with Gasteiger partial charge in [0.25, 0.3) is 0 Å². The Labute approximate surface area is 134 Å². The number of rotatable bonds is 6. The molecule has 1 aromatic carbocycles. The monoisotopic (exact) mass is 303 g/mol. The highest BCUT2D eigenvalue weighted by Gasteiger charge is 2.33. The van der Waals surface area contributed by atoms with Crippen molar-refractivity contribution in [3.8, 4) is 0 Å². The molecule has 4 heteroatoms. The van der Waals surface area contributed by atoms with Crippen molar-refractivity contribution in [3.63, 3.8) is 0 Å². The molecular formula is C18H29N3O. The summed E-state index contributed by atoms with van der Waals surface area (Å²) >= 11 is 0. The largest absolute Gasteiger partial charge is 0.338 e. The SMILES string of the molecule is CCN(C(=O)C(C)CN)C1CCN(C(C)c2ccccc2)C1. The molecule has 0 spiro atoms. The highest BCUT2D eigenvalue weighted by atomic mass is 16.2. The van der Waals surface area contributed by atoms with Gasteiger partial charge in [0, 0.05) is 44.2 Å². The zero-order valence-electron chi connectivity index (χ0n) is 14.0. The van der Waals surface area contributed by atoms with Gasteiger partial charge in [-0.25, -0.2) is 0 Å². The molecule has 0 radical (unpaired) electrons. The number of amides is 1.